The van der Waals surface area contributed by atoms with Crippen molar-refractivity contribution in [3.63, 3.8) is 0 Å². The maximum Gasteiger partial charge on any atom is 0.191 e. The molecule has 0 aromatic heterocycles. The van der Waals surface area contributed by atoms with Crippen molar-refractivity contribution in [3.8, 4) is 0 Å². The van der Waals surface area contributed by atoms with Crippen LogP contribution < -0.4 is 10.6 Å². The number of nitrogens with one attached hydrogen (secondary N) is 2. The van der Waals surface area contributed by atoms with E-state index in [1.807, 2.05) is 18.7 Å². The number of halogens is 1. The van der Waals surface area contributed by atoms with Gasteiger partial charge in [-0.1, -0.05) is 29.8 Å². The number of thioether (sulfide) groups is 1. The number of guanidine groups is 1. The highest BCUT2D eigenvalue weighted by Gasteiger charge is 1.97. The van der Waals surface area contributed by atoms with Gasteiger partial charge in [-0.05, 0) is 25.8 Å². The van der Waals surface area contributed by atoms with E-state index in [2.05, 4.69) is 46.8 Å². The summed E-state index contributed by atoms with van der Waals surface area (Å²) in [5.41, 5.74) is 2.70. The van der Waals surface area contributed by atoms with Gasteiger partial charge in [0.25, 0.3) is 0 Å². The van der Waals surface area contributed by atoms with E-state index in [1.54, 1.807) is 7.05 Å². The van der Waals surface area contributed by atoms with Gasteiger partial charge in [0.15, 0.2) is 5.96 Å². The predicted molar refractivity (Wildman–Crippen MR) is 113 cm³/mol. The van der Waals surface area contributed by atoms with Gasteiger partial charge in [0.05, 0.1) is 0 Å². The standard InChI is InChI=1S/C17H29N3OS.HI/c1-4-21-12-5-10-19-17(18-3)20-11-13-22-14-16-8-6-15(2)7-9-16;/h6-9H,4-5,10-14H2,1-3H3,(H2,18,19,20);1H. The molecule has 0 unspecified atom stereocenters. The lowest BCUT2D eigenvalue weighted by Crippen LogP contribution is -2.39. The summed E-state index contributed by atoms with van der Waals surface area (Å²) < 4.78 is 5.31. The first-order chi connectivity index (χ1) is 10.8. The molecule has 0 fully saturated rings. The third-order valence-electron chi connectivity index (χ3n) is 3.11. The van der Waals surface area contributed by atoms with Crippen LogP contribution in [0, 0.1) is 6.92 Å². The van der Waals surface area contributed by atoms with Crippen LogP contribution in [-0.4, -0.2) is 45.1 Å². The largest absolute Gasteiger partial charge is 0.382 e. The molecule has 6 heteroatoms. The summed E-state index contributed by atoms with van der Waals surface area (Å²) in [6.45, 7) is 7.52. The van der Waals surface area contributed by atoms with Gasteiger partial charge < -0.3 is 15.4 Å². The fourth-order valence-corrected chi connectivity index (χ4v) is 2.68. The van der Waals surface area contributed by atoms with Crippen molar-refractivity contribution in [2.24, 2.45) is 4.99 Å². The molecule has 0 spiro atoms. The number of aliphatic imine (C=N–C) groups is 1. The Balaban J connectivity index is 0.00000484. The molecule has 0 bridgehead atoms. The number of aryl methyl sites for hydroxylation is 1. The number of benzene rings is 1. The second kappa shape index (κ2) is 15.1. The lowest BCUT2D eigenvalue weighted by atomic mass is 10.2. The first-order valence-corrected chi connectivity index (χ1v) is 9.07. The average molecular weight is 451 g/mol. The van der Waals surface area contributed by atoms with Gasteiger partial charge in [-0.2, -0.15) is 11.8 Å². The zero-order chi connectivity index (χ0) is 16.0. The van der Waals surface area contributed by atoms with Gasteiger partial charge in [0, 0.05) is 44.9 Å². The number of hydrogen-bond donors (Lipinski definition) is 2. The number of rotatable bonds is 10. The van der Waals surface area contributed by atoms with Gasteiger partial charge in [-0.3, -0.25) is 4.99 Å². The van der Waals surface area contributed by atoms with Crippen LogP contribution in [0.2, 0.25) is 0 Å². The van der Waals surface area contributed by atoms with Crippen molar-refractivity contribution < 1.29 is 4.74 Å². The Morgan fingerprint density at radius 2 is 1.87 bits per heavy atom. The summed E-state index contributed by atoms with van der Waals surface area (Å²) in [5, 5.41) is 6.63. The predicted octanol–water partition coefficient (Wildman–Crippen LogP) is 3.44. The second-order valence-electron chi connectivity index (χ2n) is 5.01. The molecule has 23 heavy (non-hydrogen) atoms. The molecule has 1 rings (SSSR count). The molecule has 132 valence electrons. The minimum atomic E-state index is 0. The van der Waals surface area contributed by atoms with E-state index in [0.29, 0.717) is 0 Å². The average Bonchev–Trinajstić information content (AvgIpc) is 2.54. The van der Waals surface area contributed by atoms with Crippen molar-refractivity contribution in [2.45, 2.75) is 26.0 Å². The molecule has 2 N–H and O–H groups in total. The summed E-state index contributed by atoms with van der Waals surface area (Å²) in [6, 6.07) is 8.74. The molecule has 0 aliphatic heterocycles. The Morgan fingerprint density at radius 1 is 1.17 bits per heavy atom. The summed E-state index contributed by atoms with van der Waals surface area (Å²) in [5.74, 6) is 2.99. The quantitative estimate of drug-likeness (QED) is 0.248. The van der Waals surface area contributed by atoms with Crippen molar-refractivity contribution in [1.29, 1.82) is 0 Å². The lowest BCUT2D eigenvalue weighted by Gasteiger charge is -2.11. The Kier molecular flexibility index (Phi) is 14.8. The molecule has 1 aromatic rings. The zero-order valence-corrected chi connectivity index (χ0v) is 17.6. The number of nitrogens with zero attached hydrogens (tertiary/aromatic N) is 1. The Labute approximate surface area is 162 Å². The molecule has 0 saturated heterocycles. The van der Waals surface area contributed by atoms with E-state index in [4.69, 9.17) is 4.74 Å². The van der Waals surface area contributed by atoms with Crippen molar-refractivity contribution in [2.75, 3.05) is 39.1 Å². The highest BCUT2D eigenvalue weighted by atomic mass is 127. The monoisotopic (exact) mass is 451 g/mol. The summed E-state index contributed by atoms with van der Waals surface area (Å²) >= 11 is 1.93. The smallest absolute Gasteiger partial charge is 0.191 e. The van der Waals surface area contributed by atoms with Crippen LogP contribution in [-0.2, 0) is 10.5 Å². The van der Waals surface area contributed by atoms with E-state index >= 15 is 0 Å². The molecule has 4 nitrogen and oxygen atoms in total. The molecule has 0 aliphatic carbocycles. The van der Waals surface area contributed by atoms with Crippen LogP contribution in [0.4, 0.5) is 0 Å². The van der Waals surface area contributed by atoms with Crippen molar-refractivity contribution in [3.05, 3.63) is 35.4 Å². The van der Waals surface area contributed by atoms with Gasteiger partial charge in [0.1, 0.15) is 0 Å². The van der Waals surface area contributed by atoms with Crippen LogP contribution in [0.3, 0.4) is 0 Å². The Morgan fingerprint density at radius 3 is 2.52 bits per heavy atom. The molecular weight excluding hydrogens is 421 g/mol. The summed E-state index contributed by atoms with van der Waals surface area (Å²) in [7, 11) is 1.80. The molecule has 0 atom stereocenters. The van der Waals surface area contributed by atoms with E-state index in [1.165, 1.54) is 11.1 Å². The van der Waals surface area contributed by atoms with Crippen LogP contribution in [0.1, 0.15) is 24.5 Å². The summed E-state index contributed by atoms with van der Waals surface area (Å²) in [6.07, 6.45) is 0.997. The molecule has 0 radical (unpaired) electrons. The van der Waals surface area contributed by atoms with Gasteiger partial charge >= 0.3 is 0 Å². The molecule has 1 aromatic carbocycles. The number of hydrogen-bond acceptors (Lipinski definition) is 3. The van der Waals surface area contributed by atoms with Crippen LogP contribution >= 0.6 is 35.7 Å². The third kappa shape index (κ3) is 11.7. The fourth-order valence-electron chi connectivity index (χ4n) is 1.86. The van der Waals surface area contributed by atoms with Crippen LogP contribution in [0.5, 0.6) is 0 Å². The molecular formula is C17H30IN3OS. The van der Waals surface area contributed by atoms with Crippen LogP contribution in [0.25, 0.3) is 0 Å². The van der Waals surface area contributed by atoms with E-state index < -0.39 is 0 Å². The summed E-state index contributed by atoms with van der Waals surface area (Å²) in [4.78, 5) is 4.22. The molecule has 0 saturated carbocycles. The Hall–Kier alpha value is -0.470. The minimum Gasteiger partial charge on any atom is -0.382 e. The van der Waals surface area contributed by atoms with Crippen molar-refractivity contribution in [1.82, 2.24) is 10.6 Å². The zero-order valence-electron chi connectivity index (χ0n) is 14.4. The van der Waals surface area contributed by atoms with Gasteiger partial charge in [-0.25, -0.2) is 0 Å². The van der Waals surface area contributed by atoms with E-state index in [9.17, 15) is 0 Å². The highest BCUT2D eigenvalue weighted by molar-refractivity contribution is 14.0. The first-order valence-electron chi connectivity index (χ1n) is 7.91. The van der Waals surface area contributed by atoms with E-state index in [-0.39, 0.29) is 24.0 Å². The van der Waals surface area contributed by atoms with E-state index in [0.717, 1.165) is 50.2 Å². The molecule has 0 heterocycles. The molecule has 0 aliphatic rings. The van der Waals surface area contributed by atoms with Gasteiger partial charge in [0.2, 0.25) is 0 Å². The minimum absolute atomic E-state index is 0. The Bertz CT molecular complexity index is 426. The number of ether oxygens (including phenoxy) is 1. The maximum absolute atomic E-state index is 5.31. The lowest BCUT2D eigenvalue weighted by molar-refractivity contribution is 0.145. The third-order valence-corrected chi connectivity index (χ3v) is 4.14. The maximum atomic E-state index is 5.31. The first kappa shape index (κ1) is 22.5. The SMILES string of the molecule is CCOCCCNC(=NC)NCCSCc1ccc(C)cc1.I. The fraction of sp³-hybridized carbons (Fsp3) is 0.588. The van der Waals surface area contributed by atoms with Crippen molar-refractivity contribution >= 4 is 41.7 Å². The normalized spacial score (nSPS) is 11.0. The highest BCUT2D eigenvalue weighted by Crippen LogP contribution is 2.12. The second-order valence-corrected chi connectivity index (χ2v) is 6.12. The topological polar surface area (TPSA) is 45.6 Å². The van der Waals surface area contributed by atoms with Crippen LogP contribution in [0.15, 0.2) is 29.3 Å². The molecule has 0 amide bonds. The van der Waals surface area contributed by atoms with Gasteiger partial charge in [-0.15, -0.1) is 24.0 Å².